The minimum atomic E-state index is -3.65. The summed E-state index contributed by atoms with van der Waals surface area (Å²) in [6, 6.07) is 4.66. The third-order valence-corrected chi connectivity index (χ3v) is 4.18. The van der Waals surface area contributed by atoms with Gasteiger partial charge in [0.05, 0.1) is 11.4 Å². The normalized spacial score (nSPS) is 11.9. The first-order valence-corrected chi connectivity index (χ1v) is 6.50. The summed E-state index contributed by atoms with van der Waals surface area (Å²) in [5.41, 5.74) is 0. The summed E-state index contributed by atoms with van der Waals surface area (Å²) in [7, 11) is -2.24. The first kappa shape index (κ1) is 12.7. The maximum Gasteiger partial charge on any atom is 0.243 e. The van der Waals surface area contributed by atoms with Gasteiger partial charge in [0.25, 0.3) is 0 Å². The van der Waals surface area contributed by atoms with Crippen molar-refractivity contribution < 1.29 is 12.8 Å². The van der Waals surface area contributed by atoms with E-state index in [-0.39, 0.29) is 11.4 Å². The Bertz CT molecular complexity index is 610. The van der Waals surface area contributed by atoms with E-state index in [1.165, 1.54) is 25.5 Å². The van der Waals surface area contributed by atoms with Gasteiger partial charge < -0.3 is 0 Å². The van der Waals surface area contributed by atoms with Crippen LogP contribution in [0.25, 0.3) is 0 Å². The van der Waals surface area contributed by atoms with E-state index in [0.29, 0.717) is 5.82 Å². The van der Waals surface area contributed by atoms with Crippen molar-refractivity contribution in [3.05, 3.63) is 42.2 Å². The largest absolute Gasteiger partial charge is 0.262 e. The molecule has 0 fully saturated rings. The molecule has 0 aliphatic carbocycles. The Hall–Kier alpha value is -1.80. The number of nitrogens with zero attached hydrogens (tertiary/aromatic N) is 3. The second-order valence-corrected chi connectivity index (χ2v) is 5.69. The molecule has 0 aliphatic rings. The fourth-order valence-electron chi connectivity index (χ4n) is 1.39. The molecule has 18 heavy (non-hydrogen) atoms. The molecule has 0 saturated carbocycles. The van der Waals surface area contributed by atoms with Gasteiger partial charge in [-0.15, -0.1) is 0 Å². The average molecular weight is 270 g/mol. The van der Waals surface area contributed by atoms with E-state index < -0.39 is 15.8 Å². The van der Waals surface area contributed by atoms with E-state index >= 15 is 0 Å². The number of halogens is 1. The van der Waals surface area contributed by atoms with E-state index in [4.69, 9.17) is 0 Å². The van der Waals surface area contributed by atoms with Crippen LogP contribution < -0.4 is 0 Å². The van der Waals surface area contributed by atoms with Crippen LogP contribution in [0.15, 0.2) is 35.5 Å². The van der Waals surface area contributed by atoms with E-state index in [9.17, 15) is 12.8 Å². The molecule has 2 rings (SSSR count). The lowest BCUT2D eigenvalue weighted by Crippen LogP contribution is -2.27. The van der Waals surface area contributed by atoms with Crippen LogP contribution in [-0.4, -0.2) is 35.0 Å². The summed E-state index contributed by atoms with van der Waals surface area (Å²) in [6.45, 7) is 0.0692. The smallest absolute Gasteiger partial charge is 0.243 e. The van der Waals surface area contributed by atoms with Gasteiger partial charge in [-0.05, 0) is 24.3 Å². The summed E-state index contributed by atoms with van der Waals surface area (Å²) >= 11 is 0. The highest BCUT2D eigenvalue weighted by atomic mass is 32.2. The molecule has 6 nitrogen and oxygen atoms in total. The van der Waals surface area contributed by atoms with Gasteiger partial charge in [0.2, 0.25) is 10.0 Å². The third-order valence-electron chi connectivity index (χ3n) is 2.36. The molecule has 0 spiro atoms. The molecule has 2 aromatic rings. The van der Waals surface area contributed by atoms with Crippen LogP contribution in [0.4, 0.5) is 4.39 Å². The van der Waals surface area contributed by atoms with E-state index in [1.54, 1.807) is 0 Å². The minimum absolute atomic E-state index is 0.0333. The van der Waals surface area contributed by atoms with Crippen LogP contribution in [0, 0.1) is 5.82 Å². The van der Waals surface area contributed by atoms with Crippen LogP contribution in [0.5, 0.6) is 0 Å². The fraction of sp³-hybridized carbons (Fsp3) is 0.200. The minimum Gasteiger partial charge on any atom is -0.262 e. The molecule has 0 unspecified atom stereocenters. The van der Waals surface area contributed by atoms with Crippen molar-refractivity contribution in [1.29, 1.82) is 0 Å². The third kappa shape index (κ3) is 2.54. The lowest BCUT2D eigenvalue weighted by molar-refractivity contribution is 0.457. The quantitative estimate of drug-likeness (QED) is 0.889. The summed E-state index contributed by atoms with van der Waals surface area (Å²) in [6.07, 6.45) is 1.30. The van der Waals surface area contributed by atoms with Gasteiger partial charge in [-0.1, -0.05) is 0 Å². The Morgan fingerprint density at radius 2 is 2.00 bits per heavy atom. The summed E-state index contributed by atoms with van der Waals surface area (Å²) < 4.78 is 38.1. The van der Waals surface area contributed by atoms with Crippen molar-refractivity contribution in [2.45, 2.75) is 11.4 Å². The number of aromatic amines is 1. The zero-order chi connectivity index (χ0) is 13.2. The van der Waals surface area contributed by atoms with E-state index in [0.717, 1.165) is 16.4 Å². The molecular formula is C10H11FN4O2S. The van der Waals surface area contributed by atoms with Gasteiger partial charge in [0.1, 0.15) is 18.0 Å². The number of benzene rings is 1. The standard InChI is InChI=1S/C10H11FN4O2S/c1-15(6-10-12-7-13-14-10)18(16,17)9-4-2-8(11)3-5-9/h2-5,7H,6H2,1H3,(H,12,13,14). The molecule has 0 radical (unpaired) electrons. The van der Waals surface area contributed by atoms with Gasteiger partial charge in [-0.25, -0.2) is 17.8 Å². The van der Waals surface area contributed by atoms with Gasteiger partial charge >= 0.3 is 0 Å². The Balaban J connectivity index is 2.22. The first-order valence-electron chi connectivity index (χ1n) is 5.06. The highest BCUT2D eigenvalue weighted by Gasteiger charge is 2.21. The second kappa shape index (κ2) is 4.83. The lowest BCUT2D eigenvalue weighted by Gasteiger charge is -2.15. The van der Waals surface area contributed by atoms with Crippen LogP contribution in [0.3, 0.4) is 0 Å². The molecule has 0 saturated heterocycles. The van der Waals surface area contributed by atoms with Gasteiger partial charge in [0.15, 0.2) is 0 Å². The number of hydrogen-bond donors (Lipinski definition) is 1. The monoisotopic (exact) mass is 270 g/mol. The SMILES string of the molecule is CN(Cc1ncn[nH]1)S(=O)(=O)c1ccc(F)cc1. The van der Waals surface area contributed by atoms with Crippen LogP contribution in [0.1, 0.15) is 5.82 Å². The van der Waals surface area contributed by atoms with Crippen molar-refractivity contribution in [1.82, 2.24) is 19.5 Å². The zero-order valence-corrected chi connectivity index (χ0v) is 10.4. The Morgan fingerprint density at radius 3 is 2.56 bits per heavy atom. The Morgan fingerprint density at radius 1 is 1.33 bits per heavy atom. The number of rotatable bonds is 4. The molecular weight excluding hydrogens is 259 g/mol. The second-order valence-electron chi connectivity index (χ2n) is 3.65. The Kier molecular flexibility index (Phi) is 3.39. The van der Waals surface area contributed by atoms with Crippen LogP contribution >= 0.6 is 0 Å². The topological polar surface area (TPSA) is 79.0 Å². The van der Waals surface area contributed by atoms with Crippen LogP contribution in [0.2, 0.25) is 0 Å². The molecule has 96 valence electrons. The maximum absolute atomic E-state index is 12.7. The predicted octanol–water partition coefficient (Wildman–Crippen LogP) is 0.765. The molecule has 1 aromatic carbocycles. The molecule has 0 aliphatic heterocycles. The average Bonchev–Trinajstić information content (AvgIpc) is 2.82. The maximum atomic E-state index is 12.7. The van der Waals surface area contributed by atoms with Gasteiger partial charge in [-0.2, -0.15) is 9.40 Å². The highest BCUT2D eigenvalue weighted by molar-refractivity contribution is 7.89. The lowest BCUT2D eigenvalue weighted by atomic mass is 10.4. The molecule has 1 aromatic heterocycles. The predicted molar refractivity (Wildman–Crippen MR) is 61.4 cm³/mol. The van der Waals surface area contributed by atoms with Gasteiger partial charge in [0, 0.05) is 7.05 Å². The van der Waals surface area contributed by atoms with Crippen LogP contribution in [-0.2, 0) is 16.6 Å². The van der Waals surface area contributed by atoms with Crippen molar-refractivity contribution in [2.24, 2.45) is 0 Å². The molecule has 0 amide bonds. The number of nitrogens with one attached hydrogen (secondary N) is 1. The summed E-state index contributed by atoms with van der Waals surface area (Å²) in [5, 5.41) is 6.21. The van der Waals surface area contributed by atoms with Crippen molar-refractivity contribution in [2.75, 3.05) is 7.05 Å². The molecule has 8 heteroatoms. The Labute approximate surface area is 104 Å². The van der Waals surface area contributed by atoms with Gasteiger partial charge in [-0.3, -0.25) is 5.10 Å². The molecule has 0 bridgehead atoms. The van der Waals surface area contributed by atoms with E-state index in [2.05, 4.69) is 15.2 Å². The summed E-state index contributed by atoms with van der Waals surface area (Å²) in [4.78, 5) is 3.88. The highest BCUT2D eigenvalue weighted by Crippen LogP contribution is 2.15. The molecule has 1 N–H and O–H groups in total. The molecule has 1 heterocycles. The first-order chi connectivity index (χ1) is 8.50. The fourth-order valence-corrected chi connectivity index (χ4v) is 2.52. The number of hydrogen-bond acceptors (Lipinski definition) is 4. The number of sulfonamides is 1. The van der Waals surface area contributed by atoms with Crippen molar-refractivity contribution in [3.8, 4) is 0 Å². The number of H-pyrrole nitrogens is 1. The summed E-state index contributed by atoms with van der Waals surface area (Å²) in [5.74, 6) is -0.0463. The molecule has 0 atom stereocenters. The number of aromatic nitrogens is 3. The van der Waals surface area contributed by atoms with Crippen molar-refractivity contribution >= 4 is 10.0 Å². The van der Waals surface area contributed by atoms with E-state index in [1.807, 2.05) is 0 Å². The zero-order valence-electron chi connectivity index (χ0n) is 9.54. The van der Waals surface area contributed by atoms with Crippen molar-refractivity contribution in [3.63, 3.8) is 0 Å².